The lowest BCUT2D eigenvalue weighted by molar-refractivity contribution is 0.256. The van der Waals surface area contributed by atoms with Crippen molar-refractivity contribution in [1.82, 2.24) is 0 Å². The number of benzene rings is 2. The van der Waals surface area contributed by atoms with Gasteiger partial charge in [0.05, 0.1) is 38.6 Å². The molecule has 2 aromatic carbocycles. The van der Waals surface area contributed by atoms with Gasteiger partial charge in [-0.15, -0.1) is 0 Å². The normalized spacial score (nSPS) is 19.0. The van der Waals surface area contributed by atoms with Crippen molar-refractivity contribution in [3.63, 3.8) is 0 Å². The molecule has 4 heteroatoms. The second-order valence-electron chi connectivity index (χ2n) is 12.5. The molecular weight excluding hydrogens is 520 g/mol. The SMILES string of the molecule is CCCC(CCCOc1c(CC)cc(-c2cc(CC)c(OCCCC(CCC)C3CO3)c(CC)c2)cc1CC)C1CO1. The van der Waals surface area contributed by atoms with E-state index in [0.29, 0.717) is 24.0 Å². The molecule has 2 heterocycles. The fraction of sp³-hybridized carbons (Fsp3) is 0.684. The van der Waals surface area contributed by atoms with E-state index >= 15 is 0 Å². The van der Waals surface area contributed by atoms with Crippen LogP contribution in [0.4, 0.5) is 0 Å². The maximum absolute atomic E-state index is 6.52. The molecule has 2 aromatic rings. The molecule has 2 fully saturated rings. The maximum Gasteiger partial charge on any atom is 0.125 e. The lowest BCUT2D eigenvalue weighted by Crippen LogP contribution is -2.11. The molecule has 0 spiro atoms. The zero-order valence-electron chi connectivity index (χ0n) is 27.6. The van der Waals surface area contributed by atoms with Gasteiger partial charge in [-0.2, -0.15) is 0 Å². The fourth-order valence-corrected chi connectivity index (χ4v) is 6.73. The predicted octanol–water partition coefficient (Wildman–Crippen LogP) is 9.55. The van der Waals surface area contributed by atoms with Gasteiger partial charge in [-0.05, 0) is 134 Å². The number of aryl methyl sites for hydroxylation is 4. The Morgan fingerprint density at radius 3 is 1.17 bits per heavy atom. The molecule has 4 unspecified atom stereocenters. The lowest BCUT2D eigenvalue weighted by Gasteiger charge is -2.20. The van der Waals surface area contributed by atoms with E-state index in [-0.39, 0.29) is 0 Å². The quantitative estimate of drug-likeness (QED) is 0.109. The summed E-state index contributed by atoms with van der Waals surface area (Å²) >= 11 is 0. The molecule has 4 nitrogen and oxygen atoms in total. The Hall–Kier alpha value is -2.04. The molecule has 0 amide bonds. The molecule has 2 saturated heterocycles. The molecule has 4 atom stereocenters. The minimum atomic E-state index is 0.500. The van der Waals surface area contributed by atoms with E-state index < -0.39 is 0 Å². The van der Waals surface area contributed by atoms with Gasteiger partial charge in [0.2, 0.25) is 0 Å². The summed E-state index contributed by atoms with van der Waals surface area (Å²) in [6, 6.07) is 9.48. The van der Waals surface area contributed by atoms with Crippen LogP contribution in [0, 0.1) is 11.8 Å². The molecule has 4 rings (SSSR count). The number of ether oxygens (including phenoxy) is 4. The largest absolute Gasteiger partial charge is 0.493 e. The van der Waals surface area contributed by atoms with Gasteiger partial charge in [0, 0.05) is 0 Å². The average molecular weight is 579 g/mol. The zero-order chi connectivity index (χ0) is 29.9. The van der Waals surface area contributed by atoms with Crippen molar-refractivity contribution >= 4 is 0 Å². The highest BCUT2D eigenvalue weighted by Gasteiger charge is 2.32. The molecule has 0 saturated carbocycles. The summed E-state index contributed by atoms with van der Waals surface area (Å²) in [6.07, 6.45) is 14.4. The van der Waals surface area contributed by atoms with Gasteiger partial charge in [-0.3, -0.25) is 0 Å². The lowest BCUT2D eigenvalue weighted by atomic mass is 9.92. The van der Waals surface area contributed by atoms with Crippen molar-refractivity contribution in [2.75, 3.05) is 26.4 Å². The molecule has 0 aliphatic carbocycles. The zero-order valence-corrected chi connectivity index (χ0v) is 27.6. The number of epoxide rings is 2. The topological polar surface area (TPSA) is 43.5 Å². The van der Waals surface area contributed by atoms with Gasteiger partial charge in [-0.25, -0.2) is 0 Å². The number of rotatable bonds is 21. The smallest absolute Gasteiger partial charge is 0.125 e. The third-order valence-electron chi connectivity index (χ3n) is 9.36. The van der Waals surface area contributed by atoms with Gasteiger partial charge in [0.15, 0.2) is 0 Å². The Labute approximate surface area is 256 Å². The highest BCUT2D eigenvalue weighted by atomic mass is 16.6. The highest BCUT2D eigenvalue weighted by Crippen LogP contribution is 2.37. The van der Waals surface area contributed by atoms with Gasteiger partial charge >= 0.3 is 0 Å². The van der Waals surface area contributed by atoms with Gasteiger partial charge in [0.25, 0.3) is 0 Å². The van der Waals surface area contributed by atoms with Gasteiger partial charge < -0.3 is 18.9 Å². The first-order valence-corrected chi connectivity index (χ1v) is 17.4. The second kappa shape index (κ2) is 16.7. The van der Waals surface area contributed by atoms with Crippen molar-refractivity contribution in [2.45, 2.75) is 131 Å². The third kappa shape index (κ3) is 8.99. The van der Waals surface area contributed by atoms with Crippen LogP contribution >= 0.6 is 0 Å². The summed E-state index contributed by atoms with van der Waals surface area (Å²) in [7, 11) is 0. The standard InChI is InChI=1S/C38H58O4/c1-7-15-31(35-25-41-35)17-13-19-39-37-27(9-3)21-33(22-28(37)10-4)34-23-29(11-5)38(30(12-6)24-34)40-20-14-18-32(16-8-2)36-26-42-36/h21-24,31-32,35-36H,7-20,25-26H2,1-6H3. The van der Waals surface area contributed by atoms with E-state index in [4.69, 9.17) is 18.9 Å². The average Bonchev–Trinajstić information content (AvgIpc) is 3.94. The Kier molecular flexibility index (Phi) is 13.1. The Balaban J connectivity index is 1.45. The number of hydrogen-bond donors (Lipinski definition) is 0. The van der Waals surface area contributed by atoms with Gasteiger partial charge in [0.1, 0.15) is 11.5 Å². The van der Waals surface area contributed by atoms with Crippen LogP contribution < -0.4 is 9.47 Å². The second-order valence-corrected chi connectivity index (χ2v) is 12.5. The molecule has 0 bridgehead atoms. The molecule has 234 valence electrons. The molecule has 2 aliphatic rings. The molecule has 0 N–H and O–H groups in total. The molecule has 0 aromatic heterocycles. The Morgan fingerprint density at radius 2 is 0.905 bits per heavy atom. The van der Waals surface area contributed by atoms with Crippen LogP contribution in [0.1, 0.15) is 115 Å². The molecule has 0 radical (unpaired) electrons. The number of hydrogen-bond acceptors (Lipinski definition) is 4. The first-order valence-electron chi connectivity index (χ1n) is 17.4. The van der Waals surface area contributed by atoms with Crippen LogP contribution in [0.3, 0.4) is 0 Å². The van der Waals surface area contributed by atoms with Crippen LogP contribution in [-0.2, 0) is 35.2 Å². The summed E-state index contributed by atoms with van der Waals surface area (Å²) in [5.74, 6) is 3.62. The summed E-state index contributed by atoms with van der Waals surface area (Å²) in [4.78, 5) is 0. The maximum atomic E-state index is 6.52. The minimum Gasteiger partial charge on any atom is -0.493 e. The highest BCUT2D eigenvalue weighted by molar-refractivity contribution is 5.71. The monoisotopic (exact) mass is 578 g/mol. The first kappa shape index (κ1) is 32.9. The van der Waals surface area contributed by atoms with Crippen LogP contribution in [0.5, 0.6) is 11.5 Å². The van der Waals surface area contributed by atoms with Crippen molar-refractivity contribution in [2.24, 2.45) is 11.8 Å². The predicted molar refractivity (Wildman–Crippen MR) is 175 cm³/mol. The summed E-state index contributed by atoms with van der Waals surface area (Å²) in [6.45, 7) is 17.0. The first-order chi connectivity index (χ1) is 20.6. The Bertz CT molecular complexity index is 963. The van der Waals surface area contributed by atoms with Crippen molar-refractivity contribution in [3.8, 4) is 22.6 Å². The third-order valence-corrected chi connectivity index (χ3v) is 9.36. The van der Waals surface area contributed by atoms with E-state index in [1.807, 2.05) is 0 Å². The van der Waals surface area contributed by atoms with Crippen LogP contribution in [0.25, 0.3) is 11.1 Å². The van der Waals surface area contributed by atoms with Crippen molar-refractivity contribution < 1.29 is 18.9 Å². The van der Waals surface area contributed by atoms with E-state index in [1.165, 1.54) is 71.9 Å². The van der Waals surface area contributed by atoms with E-state index in [2.05, 4.69) is 65.8 Å². The summed E-state index contributed by atoms with van der Waals surface area (Å²) in [5, 5.41) is 0. The molecule has 2 aliphatic heterocycles. The van der Waals surface area contributed by atoms with E-state index in [0.717, 1.165) is 76.5 Å². The van der Waals surface area contributed by atoms with Gasteiger partial charge in [-0.1, -0.05) is 54.4 Å². The Morgan fingerprint density at radius 1 is 0.571 bits per heavy atom. The van der Waals surface area contributed by atoms with Crippen molar-refractivity contribution in [3.05, 3.63) is 46.5 Å². The van der Waals surface area contributed by atoms with Crippen molar-refractivity contribution in [1.29, 1.82) is 0 Å². The molecular formula is C38H58O4. The summed E-state index contributed by atoms with van der Waals surface area (Å²) in [5.41, 5.74) is 7.87. The molecule has 42 heavy (non-hydrogen) atoms. The fourth-order valence-electron chi connectivity index (χ4n) is 6.73. The minimum absolute atomic E-state index is 0.500. The van der Waals surface area contributed by atoms with E-state index in [9.17, 15) is 0 Å². The van der Waals surface area contributed by atoms with Crippen LogP contribution in [0.2, 0.25) is 0 Å². The summed E-state index contributed by atoms with van der Waals surface area (Å²) < 4.78 is 24.2. The van der Waals surface area contributed by atoms with E-state index in [1.54, 1.807) is 0 Å². The van der Waals surface area contributed by atoms with Crippen LogP contribution in [-0.4, -0.2) is 38.6 Å². The van der Waals surface area contributed by atoms with Crippen LogP contribution in [0.15, 0.2) is 24.3 Å².